The second-order valence-electron chi connectivity index (χ2n) is 4.14. The average molecular weight is 204 g/mol. The first-order chi connectivity index (χ1) is 7.42. The zero-order valence-corrected chi connectivity index (χ0v) is 9.50. The van der Waals surface area contributed by atoms with E-state index in [0.29, 0.717) is 0 Å². The molecule has 15 heavy (non-hydrogen) atoms. The van der Waals surface area contributed by atoms with Crippen LogP contribution in [0.1, 0.15) is 26.2 Å². The standard InChI is InChI=1S/C13H20N2/c1-2-9-14-12-7-3-4-8-13(12)15-10-5-6-11-15/h3-4,7-8,14H,2,5-6,9-11H2,1H3. The molecule has 0 bridgehead atoms. The zero-order valence-electron chi connectivity index (χ0n) is 9.50. The molecule has 1 aliphatic heterocycles. The fourth-order valence-corrected chi connectivity index (χ4v) is 2.12. The summed E-state index contributed by atoms with van der Waals surface area (Å²) in [6, 6.07) is 8.65. The molecule has 1 saturated heterocycles. The van der Waals surface area contributed by atoms with Gasteiger partial charge in [0, 0.05) is 19.6 Å². The van der Waals surface area contributed by atoms with E-state index in [1.807, 2.05) is 0 Å². The smallest absolute Gasteiger partial charge is 0.0602 e. The molecule has 0 aliphatic carbocycles. The molecule has 2 nitrogen and oxygen atoms in total. The van der Waals surface area contributed by atoms with Crippen LogP contribution in [0.2, 0.25) is 0 Å². The summed E-state index contributed by atoms with van der Waals surface area (Å²) in [7, 11) is 0. The first-order valence-electron chi connectivity index (χ1n) is 5.99. The number of nitrogens with one attached hydrogen (secondary N) is 1. The Hall–Kier alpha value is -1.18. The van der Waals surface area contributed by atoms with Crippen molar-refractivity contribution in [3.8, 4) is 0 Å². The number of hydrogen-bond acceptors (Lipinski definition) is 2. The number of anilines is 2. The van der Waals surface area contributed by atoms with Gasteiger partial charge in [-0.15, -0.1) is 0 Å². The van der Waals surface area contributed by atoms with Gasteiger partial charge in [-0.1, -0.05) is 19.1 Å². The van der Waals surface area contributed by atoms with Crippen molar-refractivity contribution in [1.82, 2.24) is 0 Å². The minimum Gasteiger partial charge on any atom is -0.383 e. The Bertz CT molecular complexity index is 303. The molecule has 0 amide bonds. The third kappa shape index (κ3) is 2.44. The molecule has 0 spiro atoms. The van der Waals surface area contributed by atoms with E-state index >= 15 is 0 Å². The molecule has 0 radical (unpaired) electrons. The second-order valence-corrected chi connectivity index (χ2v) is 4.14. The number of hydrogen-bond donors (Lipinski definition) is 1. The van der Waals surface area contributed by atoms with Crippen molar-refractivity contribution in [3.05, 3.63) is 24.3 Å². The zero-order chi connectivity index (χ0) is 10.5. The number of benzene rings is 1. The van der Waals surface area contributed by atoms with Gasteiger partial charge in [0.05, 0.1) is 11.4 Å². The second kappa shape index (κ2) is 5.06. The van der Waals surface area contributed by atoms with Crippen molar-refractivity contribution in [2.75, 3.05) is 29.9 Å². The van der Waals surface area contributed by atoms with Crippen molar-refractivity contribution in [2.24, 2.45) is 0 Å². The minimum atomic E-state index is 1.06. The van der Waals surface area contributed by atoms with Crippen molar-refractivity contribution < 1.29 is 0 Å². The monoisotopic (exact) mass is 204 g/mol. The third-order valence-corrected chi connectivity index (χ3v) is 2.92. The van der Waals surface area contributed by atoms with E-state index in [1.54, 1.807) is 0 Å². The highest BCUT2D eigenvalue weighted by Gasteiger charge is 2.14. The first kappa shape index (κ1) is 10.3. The SMILES string of the molecule is CCCNc1ccccc1N1CCCC1. The number of rotatable bonds is 4. The fraction of sp³-hybridized carbons (Fsp3) is 0.538. The van der Waals surface area contributed by atoms with E-state index in [4.69, 9.17) is 0 Å². The van der Waals surface area contributed by atoms with E-state index in [1.165, 1.54) is 43.7 Å². The van der Waals surface area contributed by atoms with Crippen LogP contribution in [0.5, 0.6) is 0 Å². The molecule has 0 unspecified atom stereocenters. The van der Waals surface area contributed by atoms with Gasteiger partial charge < -0.3 is 10.2 Å². The Morgan fingerprint density at radius 2 is 1.93 bits per heavy atom. The molecule has 2 heteroatoms. The lowest BCUT2D eigenvalue weighted by atomic mass is 10.2. The average Bonchev–Trinajstić information content (AvgIpc) is 2.80. The molecule has 1 aromatic carbocycles. The highest BCUT2D eigenvalue weighted by atomic mass is 15.2. The van der Waals surface area contributed by atoms with Crippen LogP contribution in [0.4, 0.5) is 11.4 Å². The van der Waals surface area contributed by atoms with Gasteiger partial charge in [0.2, 0.25) is 0 Å². The first-order valence-corrected chi connectivity index (χ1v) is 5.99. The van der Waals surface area contributed by atoms with Crippen LogP contribution >= 0.6 is 0 Å². The van der Waals surface area contributed by atoms with Gasteiger partial charge in [0.1, 0.15) is 0 Å². The molecule has 1 aromatic rings. The van der Waals surface area contributed by atoms with Gasteiger partial charge >= 0.3 is 0 Å². The van der Waals surface area contributed by atoms with Gasteiger partial charge in [-0.05, 0) is 31.4 Å². The topological polar surface area (TPSA) is 15.3 Å². The lowest BCUT2D eigenvalue weighted by molar-refractivity contribution is 0.949. The summed E-state index contributed by atoms with van der Waals surface area (Å²) in [5.41, 5.74) is 2.67. The van der Waals surface area contributed by atoms with Gasteiger partial charge in [0.25, 0.3) is 0 Å². The maximum Gasteiger partial charge on any atom is 0.0602 e. The lowest BCUT2D eigenvalue weighted by Crippen LogP contribution is -2.19. The molecule has 82 valence electrons. The molecular formula is C13H20N2. The highest BCUT2D eigenvalue weighted by molar-refractivity contribution is 5.70. The van der Waals surface area contributed by atoms with Crippen LogP contribution in [-0.4, -0.2) is 19.6 Å². The molecule has 0 atom stereocenters. The van der Waals surface area contributed by atoms with E-state index in [2.05, 4.69) is 41.4 Å². The summed E-state index contributed by atoms with van der Waals surface area (Å²) < 4.78 is 0. The van der Waals surface area contributed by atoms with E-state index in [-0.39, 0.29) is 0 Å². The largest absolute Gasteiger partial charge is 0.383 e. The molecule has 2 rings (SSSR count). The predicted molar refractivity (Wildman–Crippen MR) is 66.7 cm³/mol. The molecule has 0 aromatic heterocycles. The van der Waals surface area contributed by atoms with Crippen molar-refractivity contribution >= 4 is 11.4 Å². The van der Waals surface area contributed by atoms with Crippen molar-refractivity contribution in [2.45, 2.75) is 26.2 Å². The van der Waals surface area contributed by atoms with Crippen LogP contribution in [-0.2, 0) is 0 Å². The summed E-state index contributed by atoms with van der Waals surface area (Å²) in [6.07, 6.45) is 3.85. The Morgan fingerprint density at radius 1 is 1.20 bits per heavy atom. The normalized spacial score (nSPS) is 15.7. The molecule has 0 saturated carbocycles. The Morgan fingerprint density at radius 3 is 2.67 bits per heavy atom. The van der Waals surface area contributed by atoms with Crippen molar-refractivity contribution in [3.63, 3.8) is 0 Å². The lowest BCUT2D eigenvalue weighted by Gasteiger charge is -2.21. The Kier molecular flexibility index (Phi) is 3.49. The predicted octanol–water partition coefficient (Wildman–Crippen LogP) is 3.11. The van der Waals surface area contributed by atoms with Crippen LogP contribution < -0.4 is 10.2 Å². The molecule has 1 N–H and O–H groups in total. The van der Waals surface area contributed by atoms with Gasteiger partial charge in [-0.25, -0.2) is 0 Å². The van der Waals surface area contributed by atoms with Crippen LogP contribution in [0.3, 0.4) is 0 Å². The summed E-state index contributed by atoms with van der Waals surface area (Å²) in [6.45, 7) is 5.69. The molecule has 1 fully saturated rings. The third-order valence-electron chi connectivity index (χ3n) is 2.92. The van der Waals surface area contributed by atoms with Gasteiger partial charge in [-0.3, -0.25) is 0 Å². The molecule has 1 heterocycles. The van der Waals surface area contributed by atoms with E-state index < -0.39 is 0 Å². The molecular weight excluding hydrogens is 184 g/mol. The van der Waals surface area contributed by atoms with E-state index in [0.717, 1.165) is 6.54 Å². The Balaban J connectivity index is 2.13. The maximum atomic E-state index is 3.50. The summed E-state index contributed by atoms with van der Waals surface area (Å²) in [5.74, 6) is 0. The van der Waals surface area contributed by atoms with Gasteiger partial charge in [0.15, 0.2) is 0 Å². The van der Waals surface area contributed by atoms with Crippen molar-refractivity contribution in [1.29, 1.82) is 0 Å². The quantitative estimate of drug-likeness (QED) is 0.810. The maximum absolute atomic E-state index is 3.50. The highest BCUT2D eigenvalue weighted by Crippen LogP contribution is 2.28. The summed E-state index contributed by atoms with van der Waals surface area (Å²) >= 11 is 0. The summed E-state index contributed by atoms with van der Waals surface area (Å²) in [4.78, 5) is 2.48. The van der Waals surface area contributed by atoms with Crippen LogP contribution in [0.15, 0.2) is 24.3 Å². The number of nitrogens with zero attached hydrogens (tertiary/aromatic N) is 1. The minimum absolute atomic E-state index is 1.06. The summed E-state index contributed by atoms with van der Waals surface area (Å²) in [5, 5.41) is 3.50. The fourth-order valence-electron chi connectivity index (χ4n) is 2.12. The van der Waals surface area contributed by atoms with E-state index in [9.17, 15) is 0 Å². The van der Waals surface area contributed by atoms with Gasteiger partial charge in [-0.2, -0.15) is 0 Å². The number of para-hydroxylation sites is 2. The van der Waals surface area contributed by atoms with Crippen LogP contribution in [0.25, 0.3) is 0 Å². The molecule has 1 aliphatic rings. The van der Waals surface area contributed by atoms with Crippen LogP contribution in [0, 0.1) is 0 Å². The Labute approximate surface area is 92.3 Å².